The average molecular weight is 1380 g/mol. The summed E-state index contributed by atoms with van der Waals surface area (Å²) < 4.78 is 148. The van der Waals surface area contributed by atoms with Gasteiger partial charge >= 0.3 is 54.5 Å². The predicted molar refractivity (Wildman–Crippen MR) is 237 cm³/mol. The van der Waals surface area contributed by atoms with Gasteiger partial charge in [0.05, 0.1) is 52.9 Å². The first-order valence-electron chi connectivity index (χ1n) is 20.7. The van der Waals surface area contributed by atoms with Crippen LogP contribution in [0.15, 0.2) is 50.1 Å². The predicted octanol–water partition coefficient (Wildman–Crippen LogP) is 1.38. The fourth-order valence-corrected chi connectivity index (χ4v) is 7.43. The largest absolute Gasteiger partial charge is 0.527 e. The minimum atomic E-state index is -4.93. The number of phosphoric acid groups is 6. The molecule has 0 saturated heterocycles. The Morgan fingerprint density at radius 2 is 0.651 bits per heavy atom. The molecular formula is C26H54FN2O47P7. The summed E-state index contributed by atoms with van der Waals surface area (Å²) in [6.07, 6.45) is 3.98. The van der Waals surface area contributed by atoms with E-state index in [9.17, 15) is 60.9 Å². The van der Waals surface area contributed by atoms with Crippen molar-refractivity contribution in [2.24, 2.45) is 11.8 Å². The van der Waals surface area contributed by atoms with Crippen LogP contribution in [0.1, 0.15) is 0 Å². The van der Waals surface area contributed by atoms with E-state index in [-0.39, 0.29) is 6.54 Å². The van der Waals surface area contributed by atoms with E-state index in [0.29, 0.717) is 50.1 Å². The van der Waals surface area contributed by atoms with Gasteiger partial charge in [-0.3, -0.25) is 50.9 Å². The van der Waals surface area contributed by atoms with E-state index in [0.717, 1.165) is 6.66 Å². The molecule has 0 aromatic heterocycles. The maximum Gasteiger partial charge on any atom is 0.527 e. The van der Waals surface area contributed by atoms with Gasteiger partial charge in [0, 0.05) is 71.9 Å². The summed E-state index contributed by atoms with van der Waals surface area (Å²) in [6, 6.07) is 0. The highest BCUT2D eigenvalue weighted by Gasteiger charge is 2.29. The number of rotatable bonds is 60. The third kappa shape index (κ3) is 57.1. The van der Waals surface area contributed by atoms with Crippen LogP contribution in [0.25, 0.3) is 0 Å². The Hall–Kier alpha value is -2.46. The maximum absolute atomic E-state index is 12.7. The molecule has 0 rings (SSSR count). The molecule has 10 N–H and O–H groups in total. The molecule has 0 heterocycles. The highest BCUT2D eigenvalue weighted by molar-refractivity contribution is 7.52. The van der Waals surface area contributed by atoms with Crippen molar-refractivity contribution < 1.29 is 229 Å². The molecule has 0 aliphatic heterocycles. The molecule has 0 spiro atoms. The molecule has 0 radical (unpaired) electrons. The lowest BCUT2D eigenvalue weighted by Gasteiger charge is -2.19. The molecule has 8 atom stereocenters. The zero-order valence-corrected chi connectivity index (χ0v) is 47.9. The van der Waals surface area contributed by atoms with Gasteiger partial charge in [0.15, 0.2) is 25.0 Å². The van der Waals surface area contributed by atoms with Crippen LogP contribution < -0.4 is 10.9 Å². The van der Waals surface area contributed by atoms with Gasteiger partial charge in [-0.15, -0.1) is 4.48 Å². The van der Waals surface area contributed by atoms with E-state index in [4.69, 9.17) is 19.2 Å². The van der Waals surface area contributed by atoms with Crippen molar-refractivity contribution in [1.82, 2.24) is 10.9 Å². The van der Waals surface area contributed by atoms with E-state index in [2.05, 4.69) is 155 Å². The number of hydrogen-bond donors (Lipinski definition) is 10. The Bertz CT molecular complexity index is 2120. The highest BCUT2D eigenvalue weighted by atomic mass is 31.2. The second-order valence-corrected chi connectivity index (χ2v) is 23.0. The second kappa shape index (κ2) is 47.6. The topological polar surface area (TPSA) is 601 Å². The lowest BCUT2D eigenvalue weighted by Crippen LogP contribution is -2.26. The van der Waals surface area contributed by atoms with E-state index in [1.165, 1.54) is 12.6 Å². The Kier molecular flexibility index (Phi) is 46.2. The summed E-state index contributed by atoms with van der Waals surface area (Å²) in [4.78, 5) is 109. The summed E-state index contributed by atoms with van der Waals surface area (Å²) >= 11 is 0. The summed E-state index contributed by atoms with van der Waals surface area (Å²) in [5, 5.41) is 49.9. The van der Waals surface area contributed by atoms with Gasteiger partial charge in [-0.25, -0.2) is 51.5 Å². The number of hydrogen-bond acceptors (Lipinski definition) is 41. The van der Waals surface area contributed by atoms with Crippen LogP contribution in [0.4, 0.5) is 4.48 Å². The van der Waals surface area contributed by atoms with Gasteiger partial charge in [0.1, 0.15) is 51.5 Å². The van der Waals surface area contributed by atoms with Crippen molar-refractivity contribution in [2.45, 2.75) is 0 Å². The van der Waals surface area contributed by atoms with Crippen LogP contribution in [0.2, 0.25) is 0 Å². The van der Waals surface area contributed by atoms with Gasteiger partial charge in [-0.2, -0.15) is 5.54 Å². The van der Waals surface area contributed by atoms with Crippen LogP contribution >= 0.6 is 54.5 Å². The van der Waals surface area contributed by atoms with Crippen molar-refractivity contribution in [3.05, 3.63) is 50.1 Å². The van der Waals surface area contributed by atoms with Gasteiger partial charge in [0.25, 0.3) is 0 Å². The van der Waals surface area contributed by atoms with Crippen molar-refractivity contribution in [2.75, 3.05) is 106 Å². The molecule has 492 valence electrons. The lowest BCUT2D eigenvalue weighted by molar-refractivity contribution is -0.700. The third-order valence-electron chi connectivity index (χ3n) is 6.30. The summed E-state index contributed by atoms with van der Waals surface area (Å²) in [7, 11) is -31.0. The molecule has 0 aliphatic rings. The quantitative estimate of drug-likeness (QED) is 0.0103. The second-order valence-electron chi connectivity index (χ2n) is 12.8. The molecule has 57 heteroatoms. The van der Waals surface area contributed by atoms with Crippen LogP contribution in [0.3, 0.4) is 0 Å². The van der Waals surface area contributed by atoms with Crippen molar-refractivity contribution >= 4 is 54.5 Å². The smallest absolute Gasteiger partial charge is 0.429 e. The SMILES string of the molecule is CNCC(COP(=O)(O)O)COP(=O)(O)OCCOOOOO/C=C\OP(=O)(O)OCCOOOOO/C=C\OP(=O)(O)OCCOOOOO/C=C/OP(=O)(O)OCC(CNF)COP(=O)(O)OCCOOOOO/C=C/OP(C)(=O)O. The highest BCUT2D eigenvalue weighted by Crippen LogP contribution is 2.47. The summed E-state index contributed by atoms with van der Waals surface area (Å²) in [5.41, 5.74) is 1.20. The van der Waals surface area contributed by atoms with Crippen LogP contribution in [-0.4, -0.2) is 145 Å². The first-order chi connectivity index (χ1) is 39.1. The first-order valence-corrected chi connectivity index (χ1v) is 31.7. The maximum atomic E-state index is 12.7. The van der Waals surface area contributed by atoms with E-state index in [1.807, 2.05) is 0 Å². The average Bonchev–Trinajstić information content (AvgIpc) is 3.41. The molecule has 0 aromatic rings. The van der Waals surface area contributed by atoms with Crippen molar-refractivity contribution in [3.63, 3.8) is 0 Å². The molecule has 0 amide bonds. The molecule has 0 fully saturated rings. The standard InChI is InChI=1S/C26H54FN2O47P7/c1-28-19-25(21-61-78(32,33)34)22-62-81(39,40)58-16-8-51-71-75-68-48-6-14-56-79(35,36)54-12-4-46-66-74-67-47-5-13-55-80(37,38)57-15-7-49-69-76-72-52-10-18-60-83(43,44)64-24-26(20-29-27)23-63-82(41,42)59-17-9-50-70-73-65-45-3-11-53-77(2,30)31/h3,5-6,10-11,13-14,18,25-26,28-29H,4,7-9,12,15-17,19-24H2,1-2H3,(H,30,31)(H,35,36)(H,37,38)(H,39,40)(H,41,42)(H,43,44)(H2,32,33,34)/b11-3+,13-5-,14-6-,18-10+. The molecule has 8 unspecified atom stereocenters. The van der Waals surface area contributed by atoms with Gasteiger partial charge in [0.2, 0.25) is 0 Å². The fourth-order valence-electron chi connectivity index (χ4n) is 3.39. The Labute approximate surface area is 462 Å². The fraction of sp³-hybridized carbons (Fsp3) is 0.692. The molecule has 0 bridgehead atoms. The molecular weight excluding hydrogens is 1330 g/mol. The zero-order valence-electron chi connectivity index (χ0n) is 41.7. The van der Waals surface area contributed by atoms with Gasteiger partial charge in [-0.1, -0.05) is 0 Å². The Balaban J connectivity index is 3.95. The molecule has 0 saturated carbocycles. The Morgan fingerprint density at radius 3 is 0.964 bits per heavy atom. The van der Waals surface area contributed by atoms with Crippen molar-refractivity contribution in [1.29, 1.82) is 0 Å². The van der Waals surface area contributed by atoms with Crippen LogP contribution in [0.5, 0.6) is 0 Å². The lowest BCUT2D eigenvalue weighted by atomic mass is 10.2. The third-order valence-corrected chi connectivity index (χ3v) is 11.9. The zero-order chi connectivity index (χ0) is 62.3. The minimum absolute atomic E-state index is 0.103. The Morgan fingerprint density at radius 1 is 0.361 bits per heavy atom. The van der Waals surface area contributed by atoms with Gasteiger partial charge < -0.3 is 67.4 Å². The summed E-state index contributed by atoms with van der Waals surface area (Å²) in [6.45, 7) is -7.17. The van der Waals surface area contributed by atoms with Gasteiger partial charge in [-0.05, 0) is 27.2 Å². The van der Waals surface area contributed by atoms with E-state index >= 15 is 0 Å². The molecule has 0 aliphatic carbocycles. The van der Waals surface area contributed by atoms with E-state index < -0.39 is 152 Å². The normalized spacial score (nSPS) is 17.5. The summed E-state index contributed by atoms with van der Waals surface area (Å²) in [5.74, 6) is -1.94. The number of halogens is 1. The molecule has 0 aromatic carbocycles. The van der Waals surface area contributed by atoms with Crippen LogP contribution in [-0.2, 0) is 186 Å². The minimum Gasteiger partial charge on any atom is -0.429 e. The van der Waals surface area contributed by atoms with Crippen LogP contribution in [0, 0.1) is 11.8 Å². The number of phosphoric ester groups is 6. The molecule has 49 nitrogen and oxygen atoms in total. The van der Waals surface area contributed by atoms with E-state index in [1.54, 1.807) is 0 Å². The first kappa shape index (κ1) is 80.5. The molecule has 83 heavy (non-hydrogen) atoms. The monoisotopic (exact) mass is 1380 g/mol. The number of nitrogens with one attached hydrogen (secondary N) is 2. The van der Waals surface area contributed by atoms with Crippen molar-refractivity contribution in [3.8, 4) is 0 Å².